The van der Waals surface area contributed by atoms with Gasteiger partial charge < -0.3 is 18.1 Å². The topological polar surface area (TPSA) is 196 Å². The molecular weight excluding hydrogens is 594 g/mol. The lowest BCUT2D eigenvalue weighted by atomic mass is 10.3. The molecule has 0 bridgehead atoms. The van der Waals surface area contributed by atoms with Gasteiger partial charge in [0.25, 0.3) is 17.1 Å². The second kappa shape index (κ2) is 12.5. The van der Waals surface area contributed by atoms with E-state index in [-0.39, 0.29) is 40.1 Å². The van der Waals surface area contributed by atoms with E-state index in [1.807, 2.05) is 0 Å². The van der Waals surface area contributed by atoms with E-state index in [0.29, 0.717) is 0 Å². The molecule has 0 fully saturated rings. The van der Waals surface area contributed by atoms with Crippen molar-refractivity contribution in [1.82, 2.24) is 0 Å². The summed E-state index contributed by atoms with van der Waals surface area (Å²) >= 11 is 0. The zero-order valence-corrected chi connectivity index (χ0v) is 23.3. The highest BCUT2D eigenvalue weighted by Crippen LogP contribution is 2.62. The van der Waals surface area contributed by atoms with E-state index in [4.69, 9.17) is 18.1 Å². The summed E-state index contributed by atoms with van der Waals surface area (Å²) in [7, 11) is -8.36. The smallest absolute Gasteiger partial charge is 0.428 e. The van der Waals surface area contributed by atoms with Crippen molar-refractivity contribution < 1.29 is 37.4 Å². The largest absolute Gasteiger partial charge is 0.532 e. The fourth-order valence-electron chi connectivity index (χ4n) is 3.29. The van der Waals surface area contributed by atoms with E-state index in [1.165, 1.54) is 55.2 Å². The minimum atomic E-state index is -4.31. The quantitative estimate of drug-likeness (QED) is 0.0857. The van der Waals surface area contributed by atoms with Crippen LogP contribution in [0.15, 0.2) is 108 Å². The van der Waals surface area contributed by atoms with Gasteiger partial charge in [-0.1, -0.05) is 22.7 Å². The lowest BCUT2D eigenvalue weighted by molar-refractivity contribution is -0.385. The third-order valence-electron chi connectivity index (χ3n) is 5.09. The number of hydrogen-bond acceptors (Lipinski definition) is 11. The number of nitro groups is 3. The molecule has 42 heavy (non-hydrogen) atoms. The minimum Gasteiger partial charge on any atom is -0.428 e. The van der Waals surface area contributed by atoms with Crippen LogP contribution in [-0.4, -0.2) is 21.4 Å². The Morgan fingerprint density at radius 2 is 0.833 bits per heavy atom. The van der Waals surface area contributed by atoms with Gasteiger partial charge >= 0.3 is 15.3 Å². The maximum absolute atomic E-state index is 13.7. The summed E-state index contributed by atoms with van der Waals surface area (Å²) in [5, 5.41) is 33.4. The fourth-order valence-corrected chi connectivity index (χ4v) is 7.26. The summed E-state index contributed by atoms with van der Waals surface area (Å²) in [6.07, 6.45) is 0. The Balaban J connectivity index is 1.86. The predicted octanol–water partition coefficient (Wildman–Crippen LogP) is 7.80. The molecule has 0 amide bonds. The highest BCUT2D eigenvalue weighted by molar-refractivity contribution is 7.66. The Morgan fingerprint density at radius 3 is 1.14 bits per heavy atom. The van der Waals surface area contributed by atoms with Crippen molar-refractivity contribution in [3.63, 3.8) is 0 Å². The van der Waals surface area contributed by atoms with Crippen molar-refractivity contribution in [1.29, 1.82) is 0 Å². The highest BCUT2D eigenvalue weighted by atomic mass is 31.2. The number of hydrogen-bond donors (Lipinski definition) is 0. The van der Waals surface area contributed by atoms with Crippen LogP contribution in [0.25, 0.3) is 0 Å². The predicted molar refractivity (Wildman–Crippen MR) is 151 cm³/mol. The second-order valence-electron chi connectivity index (χ2n) is 8.29. The fraction of sp³-hybridized carbons (Fsp3) is 0.0400. The SMILES string of the molecule is CP(=O)(N=P(Oc1ccc([N+](=O)[O-])cc1)(Oc1ccc([N+](=O)[O-])cc1)Oc1ccc([N+](=O)[O-])cc1)Oc1ccccc1. The van der Waals surface area contributed by atoms with Gasteiger partial charge in [-0.05, 0) is 48.5 Å². The van der Waals surface area contributed by atoms with Crippen LogP contribution in [0, 0.1) is 30.3 Å². The molecule has 0 saturated heterocycles. The second-order valence-corrected chi connectivity index (χ2v) is 12.3. The molecule has 4 rings (SSSR count). The van der Waals surface area contributed by atoms with Crippen molar-refractivity contribution in [2.45, 2.75) is 0 Å². The number of para-hydroxylation sites is 1. The summed E-state index contributed by atoms with van der Waals surface area (Å²) in [6, 6.07) is 22.4. The molecule has 0 N–H and O–H groups in total. The van der Waals surface area contributed by atoms with Crippen LogP contribution in [0.5, 0.6) is 23.0 Å². The van der Waals surface area contributed by atoms with Gasteiger partial charge in [-0.3, -0.25) is 34.9 Å². The zero-order valence-electron chi connectivity index (χ0n) is 21.5. The first kappa shape index (κ1) is 29.7. The molecular formula is C25H20N4O11P2. The molecule has 1 unspecified atom stereocenters. The van der Waals surface area contributed by atoms with Gasteiger partial charge in [0.2, 0.25) is 0 Å². The van der Waals surface area contributed by atoms with Gasteiger partial charge in [0.05, 0.1) is 14.8 Å². The summed E-state index contributed by atoms with van der Waals surface area (Å²) in [5.41, 5.74) is -0.738. The average Bonchev–Trinajstić information content (AvgIpc) is 2.94. The van der Waals surface area contributed by atoms with Crippen LogP contribution in [0.2, 0.25) is 0 Å². The van der Waals surface area contributed by atoms with Gasteiger partial charge in [-0.25, -0.2) is 0 Å². The van der Waals surface area contributed by atoms with Crippen LogP contribution in [-0.2, 0) is 4.57 Å². The van der Waals surface area contributed by atoms with Gasteiger partial charge in [0.1, 0.15) is 23.0 Å². The molecule has 216 valence electrons. The molecule has 0 aliphatic heterocycles. The van der Waals surface area contributed by atoms with Crippen molar-refractivity contribution in [2.24, 2.45) is 4.52 Å². The van der Waals surface area contributed by atoms with Crippen molar-refractivity contribution in [3.05, 3.63) is 133 Å². The normalized spacial score (nSPS) is 12.3. The highest BCUT2D eigenvalue weighted by Gasteiger charge is 2.36. The first-order valence-corrected chi connectivity index (χ1v) is 15.2. The van der Waals surface area contributed by atoms with Crippen LogP contribution < -0.4 is 18.1 Å². The average molecular weight is 614 g/mol. The van der Waals surface area contributed by atoms with E-state index >= 15 is 0 Å². The van der Waals surface area contributed by atoms with Crippen LogP contribution in [0.4, 0.5) is 17.1 Å². The molecule has 0 spiro atoms. The monoisotopic (exact) mass is 614 g/mol. The Labute approximate surface area is 237 Å². The molecule has 17 heteroatoms. The van der Waals surface area contributed by atoms with Crippen LogP contribution in [0.3, 0.4) is 0 Å². The minimum absolute atomic E-state index is 0.0405. The molecule has 0 aliphatic carbocycles. The van der Waals surface area contributed by atoms with Gasteiger partial charge in [-0.2, -0.15) is 0 Å². The molecule has 0 saturated carbocycles. The Hall–Kier alpha value is -5.26. The number of nitrogens with zero attached hydrogens (tertiary/aromatic N) is 4. The maximum atomic E-state index is 13.7. The van der Waals surface area contributed by atoms with Crippen LogP contribution in [0.1, 0.15) is 0 Å². The first-order chi connectivity index (χ1) is 19.9. The van der Waals surface area contributed by atoms with E-state index in [9.17, 15) is 34.9 Å². The number of non-ortho nitro benzene ring substituents is 3. The van der Waals surface area contributed by atoms with Crippen LogP contribution >= 0.6 is 15.3 Å². The van der Waals surface area contributed by atoms with Gasteiger partial charge in [0, 0.05) is 43.1 Å². The standard InChI is InChI=1S/C25H20N4O11P2/c1-41(36,37-22-5-3-2-4-6-22)26-42(38-23-13-7-19(8-14-23)27(30)31,39-24-15-9-20(10-16-24)28(32)33)40-25-17-11-21(12-18-25)29(34)35/h2-18H,1H3. The Kier molecular flexibility index (Phi) is 8.84. The molecule has 4 aromatic rings. The zero-order chi connectivity index (χ0) is 30.3. The summed E-state index contributed by atoms with van der Waals surface area (Å²) < 4.78 is 41.7. The molecule has 0 radical (unpaired) electrons. The summed E-state index contributed by atoms with van der Waals surface area (Å²) in [5.74, 6) is 0.0786. The lowest BCUT2D eigenvalue weighted by Crippen LogP contribution is -2.09. The van der Waals surface area contributed by atoms with E-state index < -0.39 is 30.0 Å². The summed E-state index contributed by atoms with van der Waals surface area (Å²) in [6.45, 7) is 1.17. The Bertz CT molecular complexity index is 1550. The maximum Gasteiger partial charge on any atom is 0.532 e. The lowest BCUT2D eigenvalue weighted by Gasteiger charge is -2.26. The van der Waals surface area contributed by atoms with Crippen molar-refractivity contribution in [3.8, 4) is 23.0 Å². The third-order valence-corrected chi connectivity index (χ3v) is 9.15. The van der Waals surface area contributed by atoms with E-state index in [0.717, 1.165) is 36.4 Å². The van der Waals surface area contributed by atoms with Crippen molar-refractivity contribution in [2.75, 3.05) is 6.66 Å². The molecule has 0 aromatic heterocycles. The van der Waals surface area contributed by atoms with Gasteiger partial charge in [0.15, 0.2) is 0 Å². The molecule has 0 heterocycles. The van der Waals surface area contributed by atoms with Gasteiger partial charge in [-0.15, -0.1) is 0 Å². The number of benzene rings is 4. The molecule has 15 nitrogen and oxygen atoms in total. The van der Waals surface area contributed by atoms with E-state index in [2.05, 4.69) is 4.52 Å². The first-order valence-electron chi connectivity index (χ1n) is 11.7. The van der Waals surface area contributed by atoms with E-state index in [1.54, 1.807) is 18.2 Å². The molecule has 4 aromatic carbocycles. The Morgan fingerprint density at radius 1 is 0.524 bits per heavy atom. The third kappa shape index (κ3) is 7.90. The molecule has 1 atom stereocenters. The number of nitro benzene ring substituents is 3. The summed E-state index contributed by atoms with van der Waals surface area (Å²) in [4.78, 5) is 31.6. The number of rotatable bonds is 12. The van der Waals surface area contributed by atoms with Crippen molar-refractivity contribution >= 4 is 32.3 Å². The molecule has 0 aliphatic rings.